The summed E-state index contributed by atoms with van der Waals surface area (Å²) in [6.07, 6.45) is 0.332. The van der Waals surface area contributed by atoms with Crippen molar-refractivity contribution < 1.29 is 19.7 Å². The smallest absolute Gasteiger partial charge is 0.111 e. The first kappa shape index (κ1) is 12.4. The normalized spacial score (nSPS) is 12.8. The van der Waals surface area contributed by atoms with Crippen LogP contribution in [-0.4, -0.2) is 42.7 Å². The van der Waals surface area contributed by atoms with Crippen molar-refractivity contribution in [3.8, 4) is 0 Å². The zero-order valence-electron chi connectivity index (χ0n) is 8.03. The average molecular weight is 190 g/mol. The van der Waals surface area contributed by atoms with Gasteiger partial charge in [0.05, 0.1) is 12.7 Å². The van der Waals surface area contributed by atoms with Crippen molar-refractivity contribution >= 4 is 0 Å². The van der Waals surface area contributed by atoms with E-state index in [9.17, 15) is 0 Å². The SMILES string of the molecule is C=C(O)COCCCOCC(C)O. The molecule has 4 heteroatoms. The van der Waals surface area contributed by atoms with Crippen molar-refractivity contribution in [2.45, 2.75) is 19.4 Å². The fraction of sp³-hybridized carbons (Fsp3) is 0.778. The predicted octanol–water partition coefficient (Wildman–Crippen LogP) is 0.862. The second kappa shape index (κ2) is 8.04. The molecule has 0 heterocycles. The quantitative estimate of drug-likeness (QED) is 0.440. The third-order valence-corrected chi connectivity index (χ3v) is 1.21. The summed E-state index contributed by atoms with van der Waals surface area (Å²) in [5, 5.41) is 17.5. The maximum Gasteiger partial charge on any atom is 0.111 e. The summed E-state index contributed by atoms with van der Waals surface area (Å²) >= 11 is 0. The fourth-order valence-corrected chi connectivity index (χ4v) is 0.707. The van der Waals surface area contributed by atoms with Crippen LogP contribution in [0.25, 0.3) is 0 Å². The van der Waals surface area contributed by atoms with Crippen LogP contribution in [0, 0.1) is 0 Å². The molecule has 2 N–H and O–H groups in total. The Labute approximate surface area is 78.8 Å². The van der Waals surface area contributed by atoms with E-state index in [0.29, 0.717) is 19.8 Å². The van der Waals surface area contributed by atoms with Crippen LogP contribution in [0.2, 0.25) is 0 Å². The molecular weight excluding hydrogens is 172 g/mol. The maximum absolute atomic E-state index is 8.83. The summed E-state index contributed by atoms with van der Waals surface area (Å²) in [5.74, 6) is 0.0323. The molecule has 0 radical (unpaired) electrons. The van der Waals surface area contributed by atoms with E-state index in [0.717, 1.165) is 6.42 Å². The summed E-state index contributed by atoms with van der Waals surface area (Å²) in [7, 11) is 0. The zero-order valence-corrected chi connectivity index (χ0v) is 8.03. The average Bonchev–Trinajstić information content (AvgIpc) is 2.01. The van der Waals surface area contributed by atoms with E-state index < -0.39 is 6.10 Å². The third-order valence-electron chi connectivity index (χ3n) is 1.21. The lowest BCUT2D eigenvalue weighted by molar-refractivity contribution is 0.0324. The molecule has 0 spiro atoms. The standard InChI is InChI=1S/C9H18O4/c1-8(10)6-12-4-3-5-13-7-9(2)11/h9-11H,1,3-7H2,2H3. The number of rotatable bonds is 8. The van der Waals surface area contributed by atoms with Gasteiger partial charge in [-0.1, -0.05) is 6.58 Å². The van der Waals surface area contributed by atoms with Gasteiger partial charge >= 0.3 is 0 Å². The van der Waals surface area contributed by atoms with Crippen molar-refractivity contribution in [3.05, 3.63) is 12.3 Å². The molecular formula is C9H18O4. The second-order valence-electron chi connectivity index (χ2n) is 2.90. The Morgan fingerprint density at radius 2 is 2.00 bits per heavy atom. The first-order valence-corrected chi connectivity index (χ1v) is 4.33. The van der Waals surface area contributed by atoms with Crippen LogP contribution >= 0.6 is 0 Å². The van der Waals surface area contributed by atoms with Gasteiger partial charge < -0.3 is 19.7 Å². The lowest BCUT2D eigenvalue weighted by Crippen LogP contribution is -2.12. The molecule has 0 rings (SSSR count). The Kier molecular flexibility index (Phi) is 7.68. The lowest BCUT2D eigenvalue weighted by atomic mass is 10.4. The van der Waals surface area contributed by atoms with Crippen LogP contribution in [0.5, 0.6) is 0 Å². The molecule has 0 saturated heterocycles. The molecule has 0 saturated carbocycles. The molecule has 0 aliphatic rings. The monoisotopic (exact) mass is 190 g/mol. The molecule has 0 aromatic carbocycles. The largest absolute Gasteiger partial charge is 0.510 e. The highest BCUT2D eigenvalue weighted by molar-refractivity contribution is 4.77. The molecule has 0 bridgehead atoms. The van der Waals surface area contributed by atoms with Gasteiger partial charge in [-0.3, -0.25) is 0 Å². The van der Waals surface area contributed by atoms with E-state index in [1.165, 1.54) is 0 Å². The van der Waals surface area contributed by atoms with Crippen molar-refractivity contribution in [2.75, 3.05) is 26.4 Å². The maximum atomic E-state index is 8.83. The second-order valence-corrected chi connectivity index (χ2v) is 2.90. The Morgan fingerprint density at radius 3 is 2.54 bits per heavy atom. The highest BCUT2D eigenvalue weighted by Crippen LogP contribution is 1.90. The zero-order chi connectivity index (χ0) is 10.1. The van der Waals surface area contributed by atoms with Crippen molar-refractivity contribution in [1.82, 2.24) is 0 Å². The van der Waals surface area contributed by atoms with Gasteiger partial charge in [-0.05, 0) is 13.3 Å². The molecule has 78 valence electrons. The van der Waals surface area contributed by atoms with E-state index in [2.05, 4.69) is 6.58 Å². The Morgan fingerprint density at radius 1 is 1.38 bits per heavy atom. The van der Waals surface area contributed by atoms with E-state index >= 15 is 0 Å². The van der Waals surface area contributed by atoms with E-state index in [-0.39, 0.29) is 12.4 Å². The summed E-state index contributed by atoms with van der Waals surface area (Å²) in [5.41, 5.74) is 0. The lowest BCUT2D eigenvalue weighted by Gasteiger charge is -2.06. The number of ether oxygens (including phenoxy) is 2. The van der Waals surface area contributed by atoms with Gasteiger partial charge in [0, 0.05) is 13.2 Å². The predicted molar refractivity (Wildman–Crippen MR) is 49.7 cm³/mol. The molecule has 0 aromatic heterocycles. The number of aliphatic hydroxyl groups is 2. The van der Waals surface area contributed by atoms with Gasteiger partial charge in [0.15, 0.2) is 0 Å². The van der Waals surface area contributed by atoms with Crippen molar-refractivity contribution in [3.63, 3.8) is 0 Å². The first-order chi connectivity index (χ1) is 6.13. The highest BCUT2D eigenvalue weighted by Gasteiger charge is 1.95. The van der Waals surface area contributed by atoms with Crippen LogP contribution < -0.4 is 0 Å². The summed E-state index contributed by atoms with van der Waals surface area (Å²) in [4.78, 5) is 0. The molecule has 1 atom stereocenters. The van der Waals surface area contributed by atoms with Gasteiger partial charge in [-0.15, -0.1) is 0 Å². The Bertz CT molecular complexity index is 134. The summed E-state index contributed by atoms with van der Waals surface area (Å²) in [6, 6.07) is 0. The van der Waals surface area contributed by atoms with Crippen molar-refractivity contribution in [1.29, 1.82) is 0 Å². The minimum atomic E-state index is -0.418. The van der Waals surface area contributed by atoms with Gasteiger partial charge in [0.25, 0.3) is 0 Å². The van der Waals surface area contributed by atoms with Crippen LogP contribution in [-0.2, 0) is 9.47 Å². The van der Waals surface area contributed by atoms with Crippen molar-refractivity contribution in [2.24, 2.45) is 0 Å². The molecule has 0 aliphatic heterocycles. The number of hydrogen-bond donors (Lipinski definition) is 2. The van der Waals surface area contributed by atoms with E-state index in [1.807, 2.05) is 0 Å². The minimum Gasteiger partial charge on any atom is -0.510 e. The Balaban J connectivity index is 2.96. The van der Waals surface area contributed by atoms with E-state index in [1.54, 1.807) is 6.92 Å². The number of aliphatic hydroxyl groups excluding tert-OH is 2. The molecule has 0 aliphatic carbocycles. The van der Waals surface area contributed by atoms with E-state index in [4.69, 9.17) is 19.7 Å². The highest BCUT2D eigenvalue weighted by atomic mass is 16.5. The van der Waals surface area contributed by atoms with Crippen LogP contribution in [0.15, 0.2) is 12.3 Å². The topological polar surface area (TPSA) is 58.9 Å². The molecule has 4 nitrogen and oxygen atoms in total. The van der Waals surface area contributed by atoms with Gasteiger partial charge in [-0.2, -0.15) is 0 Å². The first-order valence-electron chi connectivity index (χ1n) is 4.33. The van der Waals surface area contributed by atoms with Gasteiger partial charge in [0.2, 0.25) is 0 Å². The minimum absolute atomic E-state index is 0.0323. The van der Waals surface area contributed by atoms with Gasteiger partial charge in [0.1, 0.15) is 12.4 Å². The summed E-state index contributed by atoms with van der Waals surface area (Å²) < 4.78 is 10.1. The van der Waals surface area contributed by atoms with Crippen LogP contribution in [0.1, 0.15) is 13.3 Å². The molecule has 0 amide bonds. The van der Waals surface area contributed by atoms with Gasteiger partial charge in [-0.25, -0.2) is 0 Å². The molecule has 0 aromatic rings. The molecule has 0 fully saturated rings. The third kappa shape index (κ3) is 11.4. The Hall–Kier alpha value is -0.580. The fourth-order valence-electron chi connectivity index (χ4n) is 0.707. The number of hydrogen-bond acceptors (Lipinski definition) is 4. The summed E-state index contributed by atoms with van der Waals surface area (Å²) in [6.45, 7) is 6.57. The van der Waals surface area contributed by atoms with Crippen LogP contribution in [0.3, 0.4) is 0 Å². The molecule has 13 heavy (non-hydrogen) atoms. The molecule has 1 unspecified atom stereocenters. The van der Waals surface area contributed by atoms with Crippen LogP contribution in [0.4, 0.5) is 0 Å².